The van der Waals surface area contributed by atoms with Crippen LogP contribution in [-0.2, 0) is 13.0 Å². The van der Waals surface area contributed by atoms with Crippen molar-refractivity contribution in [1.29, 1.82) is 0 Å². The quantitative estimate of drug-likeness (QED) is 0.814. The summed E-state index contributed by atoms with van der Waals surface area (Å²) in [7, 11) is 0. The van der Waals surface area contributed by atoms with Crippen LogP contribution in [0.3, 0.4) is 0 Å². The number of benzene rings is 1. The summed E-state index contributed by atoms with van der Waals surface area (Å²) in [5.74, 6) is 0.926. The molecule has 18 heavy (non-hydrogen) atoms. The first-order valence-electron chi connectivity index (χ1n) is 6.12. The average Bonchev–Trinajstić information content (AvgIpc) is 2.76. The molecule has 0 radical (unpaired) electrons. The maximum Gasteiger partial charge on any atom is 0.119 e. The Morgan fingerprint density at radius 2 is 2.06 bits per heavy atom. The van der Waals surface area contributed by atoms with Gasteiger partial charge in [0.15, 0.2) is 0 Å². The number of hydrogen-bond acceptors (Lipinski definition) is 4. The lowest BCUT2D eigenvalue weighted by Crippen LogP contribution is -1.99. The van der Waals surface area contributed by atoms with Crippen molar-refractivity contribution < 1.29 is 4.74 Å². The Morgan fingerprint density at radius 1 is 1.28 bits per heavy atom. The molecule has 96 valence electrons. The first kappa shape index (κ1) is 13.1. The molecule has 0 saturated heterocycles. The molecule has 0 bridgehead atoms. The molecule has 0 spiro atoms. The van der Waals surface area contributed by atoms with Crippen LogP contribution in [0, 0.1) is 6.92 Å². The van der Waals surface area contributed by atoms with E-state index in [1.165, 1.54) is 4.88 Å². The van der Waals surface area contributed by atoms with Crippen LogP contribution < -0.4 is 10.5 Å². The number of ether oxygens (including phenoxy) is 1. The van der Waals surface area contributed by atoms with E-state index in [2.05, 4.69) is 4.98 Å². The molecule has 0 amide bonds. The Hall–Kier alpha value is -1.39. The minimum Gasteiger partial charge on any atom is -0.494 e. The predicted molar refractivity (Wildman–Crippen MR) is 75.0 cm³/mol. The van der Waals surface area contributed by atoms with Gasteiger partial charge in [0.05, 0.1) is 17.3 Å². The van der Waals surface area contributed by atoms with Crippen molar-refractivity contribution in [3.8, 4) is 5.75 Å². The van der Waals surface area contributed by atoms with Gasteiger partial charge in [0.25, 0.3) is 0 Å². The second-order valence-electron chi connectivity index (χ2n) is 4.09. The highest BCUT2D eigenvalue weighted by Gasteiger charge is 2.05. The number of nitrogens with zero attached hydrogens (tertiary/aromatic N) is 1. The van der Waals surface area contributed by atoms with Gasteiger partial charge in [-0.3, -0.25) is 0 Å². The highest BCUT2D eigenvalue weighted by atomic mass is 32.1. The fourth-order valence-electron chi connectivity index (χ4n) is 1.71. The molecule has 0 aliphatic heterocycles. The Balaban J connectivity index is 1.75. The standard InChI is InChI=1S/C14H18N2OS/c1-11-13(10-15)18-14(16-11)8-5-9-17-12-6-3-2-4-7-12/h2-4,6-7H,5,8-10,15H2,1H3. The zero-order valence-electron chi connectivity index (χ0n) is 10.6. The summed E-state index contributed by atoms with van der Waals surface area (Å²) in [5.41, 5.74) is 6.71. The Kier molecular flexibility index (Phi) is 4.73. The van der Waals surface area contributed by atoms with Crippen molar-refractivity contribution in [3.05, 3.63) is 45.9 Å². The molecule has 0 atom stereocenters. The highest BCUT2D eigenvalue weighted by molar-refractivity contribution is 7.11. The molecule has 3 nitrogen and oxygen atoms in total. The summed E-state index contributed by atoms with van der Waals surface area (Å²) in [6.45, 7) is 3.33. The van der Waals surface area contributed by atoms with Crippen LogP contribution in [0.5, 0.6) is 5.75 Å². The van der Waals surface area contributed by atoms with Gasteiger partial charge in [-0.1, -0.05) is 18.2 Å². The molecular weight excluding hydrogens is 244 g/mol. The molecule has 0 aliphatic carbocycles. The van der Waals surface area contributed by atoms with Gasteiger partial charge in [-0.25, -0.2) is 4.98 Å². The van der Waals surface area contributed by atoms with E-state index in [0.717, 1.165) is 35.9 Å². The third kappa shape index (κ3) is 3.55. The maximum absolute atomic E-state index is 5.64. The van der Waals surface area contributed by atoms with E-state index < -0.39 is 0 Å². The van der Waals surface area contributed by atoms with Gasteiger partial charge in [-0.15, -0.1) is 11.3 Å². The van der Waals surface area contributed by atoms with Gasteiger partial charge in [-0.05, 0) is 25.5 Å². The molecular formula is C14H18N2OS. The smallest absolute Gasteiger partial charge is 0.119 e. The predicted octanol–water partition coefficient (Wildman–Crippen LogP) is 2.92. The number of para-hydroxylation sites is 1. The van der Waals surface area contributed by atoms with E-state index >= 15 is 0 Å². The lowest BCUT2D eigenvalue weighted by molar-refractivity contribution is 0.311. The van der Waals surface area contributed by atoms with Crippen molar-refractivity contribution in [3.63, 3.8) is 0 Å². The van der Waals surface area contributed by atoms with E-state index in [0.29, 0.717) is 6.54 Å². The average molecular weight is 262 g/mol. The van der Waals surface area contributed by atoms with Crippen LogP contribution in [0.1, 0.15) is 22.0 Å². The van der Waals surface area contributed by atoms with Crippen molar-refractivity contribution in [2.45, 2.75) is 26.3 Å². The summed E-state index contributed by atoms with van der Waals surface area (Å²) in [5, 5.41) is 1.16. The molecule has 4 heteroatoms. The highest BCUT2D eigenvalue weighted by Crippen LogP contribution is 2.18. The molecule has 1 heterocycles. The monoisotopic (exact) mass is 262 g/mol. The molecule has 0 saturated carbocycles. The van der Waals surface area contributed by atoms with Gasteiger partial charge in [0.2, 0.25) is 0 Å². The van der Waals surface area contributed by atoms with Crippen LogP contribution in [0.15, 0.2) is 30.3 Å². The number of rotatable bonds is 6. The third-order valence-corrected chi connectivity index (χ3v) is 3.91. The van der Waals surface area contributed by atoms with Gasteiger partial charge in [-0.2, -0.15) is 0 Å². The lowest BCUT2D eigenvalue weighted by atomic mass is 10.3. The topological polar surface area (TPSA) is 48.1 Å². The van der Waals surface area contributed by atoms with Crippen molar-refractivity contribution >= 4 is 11.3 Å². The van der Waals surface area contributed by atoms with E-state index in [1.54, 1.807) is 11.3 Å². The molecule has 0 fully saturated rings. The number of aryl methyl sites for hydroxylation is 2. The van der Waals surface area contributed by atoms with Gasteiger partial charge < -0.3 is 10.5 Å². The van der Waals surface area contributed by atoms with Gasteiger partial charge in [0.1, 0.15) is 5.75 Å². The van der Waals surface area contributed by atoms with Crippen LogP contribution in [0.2, 0.25) is 0 Å². The van der Waals surface area contributed by atoms with Crippen molar-refractivity contribution in [2.24, 2.45) is 5.73 Å². The van der Waals surface area contributed by atoms with Crippen molar-refractivity contribution in [2.75, 3.05) is 6.61 Å². The van der Waals surface area contributed by atoms with Gasteiger partial charge in [0, 0.05) is 17.8 Å². The molecule has 0 aliphatic rings. The van der Waals surface area contributed by atoms with Gasteiger partial charge >= 0.3 is 0 Å². The number of hydrogen-bond donors (Lipinski definition) is 1. The molecule has 2 N–H and O–H groups in total. The number of thiazole rings is 1. The molecule has 2 rings (SSSR count). The number of nitrogens with two attached hydrogens (primary N) is 1. The van der Waals surface area contributed by atoms with Crippen LogP contribution in [-0.4, -0.2) is 11.6 Å². The van der Waals surface area contributed by atoms with Crippen LogP contribution in [0.25, 0.3) is 0 Å². The Bertz CT molecular complexity index is 482. The summed E-state index contributed by atoms with van der Waals surface area (Å²) >= 11 is 1.71. The first-order valence-corrected chi connectivity index (χ1v) is 6.94. The van der Waals surface area contributed by atoms with E-state index in [1.807, 2.05) is 37.3 Å². The SMILES string of the molecule is Cc1nc(CCCOc2ccccc2)sc1CN. The zero-order chi connectivity index (χ0) is 12.8. The fourth-order valence-corrected chi connectivity index (χ4v) is 2.70. The molecule has 1 aromatic heterocycles. The van der Waals surface area contributed by atoms with Crippen LogP contribution >= 0.6 is 11.3 Å². The normalized spacial score (nSPS) is 10.6. The summed E-state index contributed by atoms with van der Waals surface area (Å²) in [4.78, 5) is 5.70. The summed E-state index contributed by atoms with van der Waals surface area (Å²) in [6, 6.07) is 9.89. The second kappa shape index (κ2) is 6.52. The van der Waals surface area contributed by atoms with E-state index in [-0.39, 0.29) is 0 Å². The largest absolute Gasteiger partial charge is 0.494 e. The second-order valence-corrected chi connectivity index (χ2v) is 5.25. The molecule has 2 aromatic rings. The minimum absolute atomic E-state index is 0.587. The zero-order valence-corrected chi connectivity index (χ0v) is 11.4. The molecule has 0 unspecified atom stereocenters. The lowest BCUT2D eigenvalue weighted by Gasteiger charge is -2.04. The summed E-state index contributed by atoms with van der Waals surface area (Å²) < 4.78 is 5.64. The number of aromatic nitrogens is 1. The van der Waals surface area contributed by atoms with Crippen LogP contribution in [0.4, 0.5) is 0 Å². The first-order chi connectivity index (χ1) is 8.79. The molecule has 1 aromatic carbocycles. The fraction of sp³-hybridized carbons (Fsp3) is 0.357. The Labute approximate surface area is 112 Å². The van der Waals surface area contributed by atoms with E-state index in [4.69, 9.17) is 10.5 Å². The minimum atomic E-state index is 0.587. The maximum atomic E-state index is 5.64. The third-order valence-electron chi connectivity index (χ3n) is 2.67. The Morgan fingerprint density at radius 3 is 2.72 bits per heavy atom. The summed E-state index contributed by atoms with van der Waals surface area (Å²) in [6.07, 6.45) is 1.93. The van der Waals surface area contributed by atoms with Crippen molar-refractivity contribution in [1.82, 2.24) is 4.98 Å². The van der Waals surface area contributed by atoms with E-state index in [9.17, 15) is 0 Å².